The van der Waals surface area contributed by atoms with Crippen LogP contribution < -0.4 is 16.2 Å². The van der Waals surface area contributed by atoms with E-state index in [2.05, 4.69) is 20.6 Å². The van der Waals surface area contributed by atoms with Crippen LogP contribution in [0.4, 0.5) is 23.7 Å². The average Bonchev–Trinajstić information content (AvgIpc) is 3.39. The Morgan fingerprint density at radius 3 is 2.35 bits per heavy atom. The van der Waals surface area contributed by atoms with Crippen LogP contribution in [-0.4, -0.2) is 80.0 Å². The van der Waals surface area contributed by atoms with Crippen molar-refractivity contribution in [2.45, 2.75) is 57.9 Å². The number of nitrogens with zero attached hydrogens (tertiary/aromatic N) is 4. The van der Waals surface area contributed by atoms with Crippen LogP contribution in [0.3, 0.4) is 0 Å². The van der Waals surface area contributed by atoms with E-state index in [0.717, 1.165) is 30.5 Å². The number of carbonyl (C=O) groups is 3. The fourth-order valence-electron chi connectivity index (χ4n) is 4.33. The molecule has 13 nitrogen and oxygen atoms in total. The molecule has 1 aliphatic rings. The zero-order chi connectivity index (χ0) is 34.1. The fraction of sp³-hybridized carbons (Fsp3) is 0.400. The number of nitrogens with one attached hydrogen (secondary N) is 3. The Bertz CT molecular complexity index is 1690. The Balaban J connectivity index is 0.000000375. The lowest BCUT2D eigenvalue weighted by molar-refractivity contribution is -0.192. The predicted molar refractivity (Wildman–Crippen MR) is 163 cm³/mol. The van der Waals surface area contributed by atoms with Crippen LogP contribution >= 0.6 is 0 Å². The SMILES string of the molecule is COC(C)(C)C.O=C(O)C(F)(F)F.O=CN1CCC(c2cc(=O)[nH]c3c4c(NC(=O)NCc5cccnc5)cccc4nn23)CC1. The third-order valence-corrected chi connectivity index (χ3v) is 6.84. The maximum absolute atomic E-state index is 12.6. The number of halogens is 3. The van der Waals surface area contributed by atoms with Crippen molar-refractivity contribution in [3.63, 3.8) is 0 Å². The van der Waals surface area contributed by atoms with Crippen molar-refractivity contribution in [3.05, 3.63) is 70.4 Å². The second-order valence-electron chi connectivity index (χ2n) is 11.2. The van der Waals surface area contributed by atoms with Crippen molar-refractivity contribution >= 4 is 40.6 Å². The van der Waals surface area contributed by atoms with E-state index in [9.17, 15) is 27.6 Å². The topological polar surface area (TPSA) is 171 Å². The molecule has 3 aromatic heterocycles. The molecule has 0 bridgehead atoms. The molecule has 0 radical (unpaired) electrons. The molecule has 3 amide bonds. The van der Waals surface area contributed by atoms with Gasteiger partial charge in [0.2, 0.25) is 6.41 Å². The van der Waals surface area contributed by atoms with Gasteiger partial charge in [-0.05, 0) is 57.4 Å². The van der Waals surface area contributed by atoms with Gasteiger partial charge >= 0.3 is 18.2 Å². The number of rotatable bonds is 5. The summed E-state index contributed by atoms with van der Waals surface area (Å²) in [5.74, 6) is -2.65. The van der Waals surface area contributed by atoms with Gasteiger partial charge in [-0.2, -0.15) is 18.3 Å². The molecule has 16 heteroatoms. The van der Waals surface area contributed by atoms with Gasteiger partial charge in [-0.1, -0.05) is 12.1 Å². The van der Waals surface area contributed by atoms with E-state index < -0.39 is 12.1 Å². The minimum Gasteiger partial charge on any atom is -0.475 e. The number of aromatic amines is 1. The number of hydrogen-bond acceptors (Lipinski definition) is 7. The summed E-state index contributed by atoms with van der Waals surface area (Å²) in [7, 11) is 1.71. The largest absolute Gasteiger partial charge is 0.490 e. The molecule has 0 aliphatic carbocycles. The van der Waals surface area contributed by atoms with Crippen molar-refractivity contribution in [2.24, 2.45) is 0 Å². The summed E-state index contributed by atoms with van der Waals surface area (Å²) in [6.45, 7) is 7.69. The lowest BCUT2D eigenvalue weighted by atomic mass is 9.93. The van der Waals surface area contributed by atoms with Crippen LogP contribution in [-0.2, 0) is 20.9 Å². The number of piperidine rings is 1. The molecule has 0 atom stereocenters. The van der Waals surface area contributed by atoms with Gasteiger partial charge in [-0.25, -0.2) is 14.1 Å². The van der Waals surface area contributed by atoms with Gasteiger partial charge in [0, 0.05) is 51.1 Å². The Morgan fingerprint density at radius 2 is 1.80 bits per heavy atom. The number of H-pyrrole nitrogens is 1. The average molecular weight is 648 g/mol. The number of anilines is 1. The molecule has 248 valence electrons. The van der Waals surface area contributed by atoms with Crippen LogP contribution in [0.1, 0.15) is 50.8 Å². The van der Waals surface area contributed by atoms with E-state index in [1.165, 1.54) is 0 Å². The molecule has 0 unspecified atom stereocenters. The van der Waals surface area contributed by atoms with Crippen LogP contribution in [0.15, 0.2) is 53.6 Å². The molecule has 1 aromatic carbocycles. The number of likely N-dealkylation sites (tertiary alicyclic amines) is 1. The quantitative estimate of drug-likeness (QED) is 0.232. The Hall–Kier alpha value is -4.99. The first kappa shape index (κ1) is 35.5. The molecular formula is C30H36F3N7O6. The Labute approximate surface area is 261 Å². The highest BCUT2D eigenvalue weighted by molar-refractivity contribution is 6.07. The zero-order valence-corrected chi connectivity index (χ0v) is 25.7. The maximum atomic E-state index is 12.6. The minimum atomic E-state index is -5.08. The fourth-order valence-corrected chi connectivity index (χ4v) is 4.33. The van der Waals surface area contributed by atoms with Gasteiger partial charge in [0.1, 0.15) is 5.65 Å². The van der Waals surface area contributed by atoms with Gasteiger partial charge in [-0.15, -0.1) is 0 Å². The summed E-state index contributed by atoms with van der Waals surface area (Å²) in [6, 6.07) is 10.3. The van der Waals surface area contributed by atoms with E-state index in [1.807, 2.05) is 45.0 Å². The maximum Gasteiger partial charge on any atom is 0.490 e. The van der Waals surface area contributed by atoms with E-state index in [1.54, 1.807) is 41.1 Å². The number of ether oxygens (including phenoxy) is 1. The zero-order valence-electron chi connectivity index (χ0n) is 25.7. The molecule has 4 aromatic rings. The number of carboxylic acid groups (broad SMARTS) is 1. The number of pyridine rings is 1. The van der Waals surface area contributed by atoms with E-state index in [-0.39, 0.29) is 23.1 Å². The van der Waals surface area contributed by atoms with E-state index in [0.29, 0.717) is 41.9 Å². The first-order valence-corrected chi connectivity index (χ1v) is 14.2. The van der Waals surface area contributed by atoms with Gasteiger partial charge in [-0.3, -0.25) is 14.6 Å². The number of benzene rings is 1. The Kier molecular flexibility index (Phi) is 11.8. The second-order valence-corrected chi connectivity index (χ2v) is 11.2. The molecule has 0 spiro atoms. The summed E-state index contributed by atoms with van der Waals surface area (Å²) < 4.78 is 38.4. The van der Waals surface area contributed by atoms with Gasteiger partial charge in [0.05, 0.1) is 27.9 Å². The standard InChI is InChI=1S/C23H23N7O3.C5H12O.C2HF3O2/c31-14-29-9-6-16(7-10-29)19-11-20(32)27-22-21-17(4-1-5-18(21)28-30(19)22)26-23(33)25-13-15-3-2-8-24-12-15;1-5(2,3)6-4;3-2(4,5)1(6)7/h1-5,8,11-12,14,16H,6-7,9-10,13H2,(H,27,32)(H2,25,26,33);1-4H3;(H,6,7). The first-order valence-electron chi connectivity index (χ1n) is 14.2. The molecule has 1 aliphatic heterocycles. The highest BCUT2D eigenvalue weighted by Gasteiger charge is 2.38. The number of amides is 3. The summed E-state index contributed by atoms with van der Waals surface area (Å²) in [5, 5.41) is 18.2. The molecule has 1 saturated heterocycles. The lowest BCUT2D eigenvalue weighted by Crippen LogP contribution is -2.32. The number of urea groups is 1. The molecule has 4 heterocycles. The molecule has 46 heavy (non-hydrogen) atoms. The van der Waals surface area contributed by atoms with Gasteiger partial charge in [0.15, 0.2) is 0 Å². The van der Waals surface area contributed by atoms with Crippen molar-refractivity contribution in [1.82, 2.24) is 29.8 Å². The van der Waals surface area contributed by atoms with Gasteiger partial charge < -0.3 is 30.4 Å². The van der Waals surface area contributed by atoms with Crippen molar-refractivity contribution in [3.8, 4) is 0 Å². The minimum absolute atomic E-state index is 0.0417. The molecule has 0 saturated carbocycles. The van der Waals surface area contributed by atoms with Gasteiger partial charge in [0.25, 0.3) is 5.56 Å². The number of aromatic nitrogens is 4. The highest BCUT2D eigenvalue weighted by Crippen LogP contribution is 2.31. The summed E-state index contributed by atoms with van der Waals surface area (Å²) in [5.41, 5.74) is 3.25. The predicted octanol–water partition coefficient (Wildman–Crippen LogP) is 4.29. The van der Waals surface area contributed by atoms with Crippen LogP contribution in [0.2, 0.25) is 0 Å². The number of hydrogen-bond donors (Lipinski definition) is 4. The van der Waals surface area contributed by atoms with Crippen LogP contribution in [0, 0.1) is 0 Å². The number of methoxy groups -OCH3 is 1. The molecule has 4 N–H and O–H groups in total. The third-order valence-electron chi connectivity index (χ3n) is 6.84. The summed E-state index contributed by atoms with van der Waals surface area (Å²) in [4.78, 5) is 53.7. The highest BCUT2D eigenvalue weighted by atomic mass is 19.4. The third kappa shape index (κ3) is 10.0. The Morgan fingerprint density at radius 1 is 1.15 bits per heavy atom. The van der Waals surface area contributed by atoms with Crippen molar-refractivity contribution in [2.75, 3.05) is 25.5 Å². The number of carbonyl (C=O) groups excluding carboxylic acids is 2. The van der Waals surface area contributed by atoms with E-state index in [4.69, 9.17) is 19.7 Å². The first-order chi connectivity index (χ1) is 21.6. The molecular weight excluding hydrogens is 611 g/mol. The number of aliphatic carboxylic acids is 1. The number of fused-ring (bicyclic) bond motifs is 3. The van der Waals surface area contributed by atoms with Crippen molar-refractivity contribution in [1.29, 1.82) is 0 Å². The van der Waals surface area contributed by atoms with E-state index >= 15 is 0 Å². The lowest BCUT2D eigenvalue weighted by Gasteiger charge is -2.29. The number of alkyl halides is 3. The van der Waals surface area contributed by atoms with Crippen LogP contribution in [0.25, 0.3) is 16.6 Å². The second kappa shape index (κ2) is 15.3. The monoisotopic (exact) mass is 647 g/mol. The normalized spacial score (nSPS) is 13.7. The molecule has 5 rings (SSSR count). The summed E-state index contributed by atoms with van der Waals surface area (Å²) >= 11 is 0. The smallest absolute Gasteiger partial charge is 0.475 e. The molecule has 1 fully saturated rings. The van der Waals surface area contributed by atoms with Crippen molar-refractivity contribution < 1.29 is 37.4 Å². The summed E-state index contributed by atoms with van der Waals surface area (Å²) in [6.07, 6.45) is 0.669. The van der Waals surface area contributed by atoms with Crippen LogP contribution in [0.5, 0.6) is 0 Å². The number of carboxylic acids is 1.